The molecule has 1 aliphatic heterocycles. The second-order valence-electron chi connectivity index (χ2n) is 7.63. The lowest BCUT2D eigenvalue weighted by Crippen LogP contribution is -2.62. The number of benzene rings is 1. The van der Waals surface area contributed by atoms with E-state index in [9.17, 15) is 14.4 Å². The van der Waals surface area contributed by atoms with Crippen molar-refractivity contribution < 1.29 is 14.4 Å². The van der Waals surface area contributed by atoms with Crippen molar-refractivity contribution in [3.05, 3.63) is 53.3 Å². The molecule has 3 amide bonds. The summed E-state index contributed by atoms with van der Waals surface area (Å²) in [6.07, 6.45) is 1.95. The van der Waals surface area contributed by atoms with Crippen LogP contribution >= 0.6 is 0 Å². The number of nitrogens with zero attached hydrogens (tertiary/aromatic N) is 3. The Bertz CT molecular complexity index is 935. The number of hydrogen-bond donors (Lipinski definition) is 2. The van der Waals surface area contributed by atoms with Gasteiger partial charge in [-0.2, -0.15) is 5.10 Å². The average Bonchev–Trinajstić information content (AvgIpc) is 3.41. The maximum atomic E-state index is 12.9. The van der Waals surface area contributed by atoms with Gasteiger partial charge in [0.1, 0.15) is 11.2 Å². The van der Waals surface area contributed by atoms with Crippen LogP contribution in [0.5, 0.6) is 0 Å². The van der Waals surface area contributed by atoms with Gasteiger partial charge in [-0.05, 0) is 25.3 Å². The third-order valence-corrected chi connectivity index (χ3v) is 5.43. The van der Waals surface area contributed by atoms with Crippen molar-refractivity contribution >= 4 is 17.7 Å². The molecule has 0 saturated heterocycles. The van der Waals surface area contributed by atoms with Crippen LogP contribution in [0, 0.1) is 0 Å². The van der Waals surface area contributed by atoms with Crippen LogP contribution in [0.4, 0.5) is 0 Å². The van der Waals surface area contributed by atoms with E-state index < -0.39 is 5.54 Å². The molecule has 0 radical (unpaired) electrons. The van der Waals surface area contributed by atoms with Crippen LogP contribution in [0.25, 0.3) is 0 Å². The predicted octanol–water partition coefficient (Wildman–Crippen LogP) is 0.936. The molecule has 1 saturated carbocycles. The molecular weight excluding hydrogens is 358 g/mol. The lowest BCUT2D eigenvalue weighted by molar-refractivity contribution is -0.132. The second kappa shape index (κ2) is 6.78. The number of carbonyl (C=O) groups is 3. The van der Waals surface area contributed by atoms with Gasteiger partial charge in [-0.1, -0.05) is 30.3 Å². The van der Waals surface area contributed by atoms with Gasteiger partial charge in [-0.25, -0.2) is 0 Å². The van der Waals surface area contributed by atoms with Gasteiger partial charge in [0, 0.05) is 25.7 Å². The number of aromatic nitrogens is 2. The van der Waals surface area contributed by atoms with Gasteiger partial charge < -0.3 is 15.5 Å². The molecule has 2 heterocycles. The van der Waals surface area contributed by atoms with E-state index in [-0.39, 0.29) is 36.0 Å². The maximum Gasteiger partial charge on any atom is 0.272 e. The zero-order chi connectivity index (χ0) is 19.9. The summed E-state index contributed by atoms with van der Waals surface area (Å²) in [6, 6.07) is 11.3. The van der Waals surface area contributed by atoms with Crippen LogP contribution in [0.15, 0.2) is 36.4 Å². The average molecular weight is 381 g/mol. The Hall–Kier alpha value is -3.16. The summed E-state index contributed by atoms with van der Waals surface area (Å²) in [5.74, 6) is -0.881. The zero-order valence-electron chi connectivity index (χ0n) is 15.9. The molecule has 2 aliphatic rings. The molecule has 1 unspecified atom stereocenters. The number of likely N-dealkylation sites (N-methyl/N-ethyl adjacent to an activating group) is 1. The number of hydrogen-bond acceptors (Lipinski definition) is 4. The summed E-state index contributed by atoms with van der Waals surface area (Å²) >= 11 is 0. The molecule has 146 valence electrons. The normalized spacial score (nSPS) is 21.2. The van der Waals surface area contributed by atoms with Crippen molar-refractivity contribution in [2.45, 2.75) is 44.4 Å². The summed E-state index contributed by atoms with van der Waals surface area (Å²) in [7, 11) is 1.60. The van der Waals surface area contributed by atoms with Gasteiger partial charge in [-0.3, -0.25) is 19.1 Å². The van der Waals surface area contributed by atoms with Gasteiger partial charge in [0.2, 0.25) is 5.91 Å². The fraction of sp³-hybridized carbons (Fsp3) is 0.400. The third-order valence-electron chi connectivity index (χ3n) is 5.43. The van der Waals surface area contributed by atoms with Crippen LogP contribution < -0.4 is 10.6 Å². The standard InChI is InChI=1S/C20H23N5O3/c1-20(19(28)21-11-13-6-4-3-5-7-13)12-25-16(18(27)24(20)2)10-15(23-25)17(26)22-14-8-9-14/h3-7,10,14H,8-9,11-12H2,1-2H3,(H,21,28)(H,22,26). The Labute approximate surface area is 162 Å². The molecule has 2 aromatic rings. The minimum Gasteiger partial charge on any atom is -0.350 e. The van der Waals surface area contributed by atoms with E-state index in [1.165, 1.54) is 15.6 Å². The quantitative estimate of drug-likeness (QED) is 0.806. The first-order chi connectivity index (χ1) is 13.4. The highest BCUT2D eigenvalue weighted by Crippen LogP contribution is 2.26. The molecule has 1 aliphatic carbocycles. The molecule has 0 spiro atoms. The lowest BCUT2D eigenvalue weighted by atomic mass is 9.96. The molecule has 8 nitrogen and oxygen atoms in total. The van der Waals surface area contributed by atoms with Crippen LogP contribution in [-0.2, 0) is 17.9 Å². The number of amides is 3. The summed E-state index contributed by atoms with van der Waals surface area (Å²) in [5, 5.41) is 10.1. The summed E-state index contributed by atoms with van der Waals surface area (Å²) in [4.78, 5) is 39.5. The van der Waals surface area contributed by atoms with E-state index in [1.807, 2.05) is 30.3 Å². The van der Waals surface area contributed by atoms with Gasteiger partial charge in [-0.15, -0.1) is 0 Å². The summed E-state index contributed by atoms with van der Waals surface area (Å²) in [5.41, 5.74) is 0.396. The van der Waals surface area contributed by atoms with Crippen molar-refractivity contribution in [2.75, 3.05) is 7.05 Å². The Morgan fingerprint density at radius 3 is 2.64 bits per heavy atom. The van der Waals surface area contributed by atoms with Crippen LogP contribution in [-0.4, -0.2) is 51.0 Å². The molecular formula is C20H23N5O3. The van der Waals surface area contributed by atoms with E-state index in [4.69, 9.17) is 0 Å². The summed E-state index contributed by atoms with van der Waals surface area (Å²) in [6.45, 7) is 2.26. The van der Waals surface area contributed by atoms with Crippen molar-refractivity contribution in [3.8, 4) is 0 Å². The van der Waals surface area contributed by atoms with Crippen molar-refractivity contribution in [1.29, 1.82) is 0 Å². The fourth-order valence-corrected chi connectivity index (χ4v) is 3.29. The first-order valence-electron chi connectivity index (χ1n) is 9.37. The number of fused-ring (bicyclic) bond motifs is 1. The zero-order valence-corrected chi connectivity index (χ0v) is 15.9. The van der Waals surface area contributed by atoms with Crippen molar-refractivity contribution in [1.82, 2.24) is 25.3 Å². The molecule has 4 rings (SSSR count). The van der Waals surface area contributed by atoms with E-state index >= 15 is 0 Å². The Morgan fingerprint density at radius 2 is 1.96 bits per heavy atom. The number of nitrogens with one attached hydrogen (secondary N) is 2. The highest BCUT2D eigenvalue weighted by Gasteiger charge is 2.46. The van der Waals surface area contributed by atoms with Gasteiger partial charge in [0.05, 0.1) is 6.54 Å². The lowest BCUT2D eigenvalue weighted by Gasteiger charge is -2.40. The second-order valence-corrected chi connectivity index (χ2v) is 7.63. The monoisotopic (exact) mass is 381 g/mol. The highest BCUT2D eigenvalue weighted by molar-refractivity contribution is 6.01. The van der Waals surface area contributed by atoms with Crippen LogP contribution in [0.1, 0.15) is 46.3 Å². The maximum absolute atomic E-state index is 12.9. The third kappa shape index (κ3) is 3.26. The first-order valence-corrected chi connectivity index (χ1v) is 9.37. The molecule has 1 aromatic carbocycles. The summed E-state index contributed by atoms with van der Waals surface area (Å²) < 4.78 is 1.46. The topological polar surface area (TPSA) is 96.3 Å². The van der Waals surface area contributed by atoms with E-state index in [0.29, 0.717) is 12.2 Å². The molecule has 28 heavy (non-hydrogen) atoms. The van der Waals surface area contributed by atoms with Crippen LogP contribution in [0.2, 0.25) is 0 Å². The van der Waals surface area contributed by atoms with E-state index in [1.54, 1.807) is 14.0 Å². The molecule has 1 atom stereocenters. The van der Waals surface area contributed by atoms with Crippen LogP contribution in [0.3, 0.4) is 0 Å². The molecule has 1 fully saturated rings. The molecule has 8 heteroatoms. The molecule has 2 N–H and O–H groups in total. The Morgan fingerprint density at radius 1 is 1.25 bits per heavy atom. The van der Waals surface area contributed by atoms with Gasteiger partial charge >= 0.3 is 0 Å². The fourth-order valence-electron chi connectivity index (χ4n) is 3.29. The largest absolute Gasteiger partial charge is 0.350 e. The predicted molar refractivity (Wildman–Crippen MR) is 102 cm³/mol. The molecule has 1 aromatic heterocycles. The number of rotatable bonds is 5. The highest BCUT2D eigenvalue weighted by atomic mass is 16.2. The first kappa shape index (κ1) is 18.2. The Balaban J connectivity index is 1.52. The Kier molecular flexibility index (Phi) is 4.41. The van der Waals surface area contributed by atoms with Gasteiger partial charge in [0.25, 0.3) is 11.8 Å². The molecule has 0 bridgehead atoms. The minimum atomic E-state index is -1.10. The number of carbonyl (C=O) groups excluding carboxylic acids is 3. The van der Waals surface area contributed by atoms with E-state index in [0.717, 1.165) is 18.4 Å². The van der Waals surface area contributed by atoms with Gasteiger partial charge in [0.15, 0.2) is 5.69 Å². The SMILES string of the molecule is CN1C(=O)c2cc(C(=O)NC3CC3)nn2CC1(C)C(=O)NCc1ccccc1. The smallest absolute Gasteiger partial charge is 0.272 e. The minimum absolute atomic E-state index is 0.182. The van der Waals surface area contributed by atoms with E-state index in [2.05, 4.69) is 15.7 Å². The van der Waals surface area contributed by atoms with Crippen molar-refractivity contribution in [3.63, 3.8) is 0 Å². The van der Waals surface area contributed by atoms with Crippen molar-refractivity contribution in [2.24, 2.45) is 0 Å².